The molecule has 1 atom stereocenters. The fourth-order valence-electron chi connectivity index (χ4n) is 2.75. The number of aliphatic hydroxyl groups is 1. The van der Waals surface area contributed by atoms with E-state index in [1.54, 1.807) is 6.07 Å². The van der Waals surface area contributed by atoms with E-state index in [1.165, 1.54) is 24.2 Å². The summed E-state index contributed by atoms with van der Waals surface area (Å²) in [7, 11) is 0. The molecule has 1 saturated heterocycles. The van der Waals surface area contributed by atoms with Gasteiger partial charge in [0, 0.05) is 24.1 Å². The van der Waals surface area contributed by atoms with Crippen LogP contribution in [-0.2, 0) is 6.54 Å². The topological polar surface area (TPSA) is 60.8 Å². The summed E-state index contributed by atoms with van der Waals surface area (Å²) in [5.74, 6) is -0.843. The van der Waals surface area contributed by atoms with Gasteiger partial charge >= 0.3 is 5.97 Å². The Morgan fingerprint density at radius 1 is 1.53 bits per heavy atom. The number of aryl methyl sites for hydroxylation is 1. The van der Waals surface area contributed by atoms with Gasteiger partial charge < -0.3 is 10.2 Å². The van der Waals surface area contributed by atoms with E-state index < -0.39 is 5.97 Å². The number of carboxylic acids is 1. The van der Waals surface area contributed by atoms with Crippen LogP contribution in [0.2, 0.25) is 0 Å². The molecule has 1 aliphatic heterocycles. The van der Waals surface area contributed by atoms with Crippen LogP contribution >= 0.6 is 11.3 Å². The highest BCUT2D eigenvalue weighted by atomic mass is 32.1. The smallest absolute Gasteiger partial charge is 0.345 e. The van der Waals surface area contributed by atoms with Gasteiger partial charge in [-0.3, -0.25) is 4.90 Å². The molecule has 0 radical (unpaired) electrons. The van der Waals surface area contributed by atoms with Gasteiger partial charge in [0.2, 0.25) is 0 Å². The highest BCUT2D eigenvalue weighted by Crippen LogP contribution is 2.27. The second kappa shape index (κ2) is 6.50. The summed E-state index contributed by atoms with van der Waals surface area (Å²) in [4.78, 5) is 14.9. The molecule has 106 valence electrons. The number of carbonyl (C=O) groups is 1. The molecule has 2 N–H and O–H groups in total. The summed E-state index contributed by atoms with van der Waals surface area (Å²) in [5.41, 5.74) is 1.12. The first-order chi connectivity index (χ1) is 9.11. The zero-order valence-electron chi connectivity index (χ0n) is 11.3. The first-order valence-corrected chi connectivity index (χ1v) is 7.61. The molecule has 5 heteroatoms. The maximum atomic E-state index is 11.0. The van der Waals surface area contributed by atoms with Crippen LogP contribution in [0, 0.1) is 6.92 Å². The van der Waals surface area contributed by atoms with Crippen LogP contribution in [0.25, 0.3) is 0 Å². The van der Waals surface area contributed by atoms with E-state index in [1.807, 2.05) is 6.92 Å². The predicted molar refractivity (Wildman–Crippen MR) is 75.8 cm³/mol. The van der Waals surface area contributed by atoms with E-state index >= 15 is 0 Å². The van der Waals surface area contributed by atoms with Crippen molar-refractivity contribution in [1.29, 1.82) is 0 Å². The predicted octanol–water partition coefficient (Wildman–Crippen LogP) is 2.49. The summed E-state index contributed by atoms with van der Waals surface area (Å²) < 4.78 is 0. The summed E-state index contributed by atoms with van der Waals surface area (Å²) in [6.45, 7) is 4.06. The maximum Gasteiger partial charge on any atom is 0.345 e. The average Bonchev–Trinajstić information content (AvgIpc) is 2.74. The maximum absolute atomic E-state index is 11.0. The van der Waals surface area contributed by atoms with Crippen LogP contribution in [0.3, 0.4) is 0 Å². The molecule has 1 aromatic heterocycles. The van der Waals surface area contributed by atoms with E-state index in [0.29, 0.717) is 10.9 Å². The van der Waals surface area contributed by atoms with Crippen LogP contribution in [0.4, 0.5) is 0 Å². The van der Waals surface area contributed by atoms with Crippen molar-refractivity contribution in [3.8, 4) is 0 Å². The lowest BCUT2D eigenvalue weighted by Crippen LogP contribution is -2.39. The second-order valence-electron chi connectivity index (χ2n) is 5.13. The molecule has 2 heterocycles. The third kappa shape index (κ3) is 3.55. The summed E-state index contributed by atoms with van der Waals surface area (Å²) in [6, 6.07) is 2.23. The first kappa shape index (κ1) is 14.5. The monoisotopic (exact) mass is 283 g/mol. The van der Waals surface area contributed by atoms with Gasteiger partial charge in [-0.1, -0.05) is 6.42 Å². The Kier molecular flexibility index (Phi) is 4.96. The van der Waals surface area contributed by atoms with E-state index in [4.69, 9.17) is 10.2 Å². The minimum absolute atomic E-state index is 0.226. The van der Waals surface area contributed by atoms with E-state index in [-0.39, 0.29) is 6.61 Å². The fraction of sp³-hybridized carbons (Fsp3) is 0.643. The van der Waals surface area contributed by atoms with E-state index in [0.717, 1.165) is 36.4 Å². The molecule has 0 amide bonds. The number of hydrogen-bond acceptors (Lipinski definition) is 4. The Labute approximate surface area is 117 Å². The molecular weight excluding hydrogens is 262 g/mol. The molecular formula is C14H21NO3S. The molecule has 1 aromatic rings. The summed E-state index contributed by atoms with van der Waals surface area (Å²) in [5, 5.41) is 18.2. The highest BCUT2D eigenvalue weighted by Gasteiger charge is 2.23. The standard InChI is InChI=1S/C14H21NO3S/c1-10-11(8-13(19-10)14(17)18)9-15-6-3-2-4-12(15)5-7-16/h8,12,16H,2-7,9H2,1H3,(H,17,18). The number of aliphatic hydroxyl groups excluding tert-OH is 1. The van der Waals surface area contributed by atoms with Crippen molar-refractivity contribution in [3.63, 3.8) is 0 Å². The van der Waals surface area contributed by atoms with Crippen molar-refractivity contribution in [3.05, 3.63) is 21.4 Å². The number of nitrogens with zero attached hydrogens (tertiary/aromatic N) is 1. The van der Waals surface area contributed by atoms with Crippen LogP contribution in [0.15, 0.2) is 6.07 Å². The number of carboxylic acid groups (broad SMARTS) is 1. The quantitative estimate of drug-likeness (QED) is 0.871. The number of aromatic carboxylic acids is 1. The first-order valence-electron chi connectivity index (χ1n) is 6.79. The molecule has 0 aliphatic carbocycles. The van der Waals surface area contributed by atoms with Gasteiger partial charge in [0.15, 0.2) is 0 Å². The van der Waals surface area contributed by atoms with Crippen LogP contribution in [-0.4, -0.2) is 40.3 Å². The van der Waals surface area contributed by atoms with Gasteiger partial charge in [-0.25, -0.2) is 4.79 Å². The number of likely N-dealkylation sites (tertiary alicyclic amines) is 1. The lowest BCUT2D eigenvalue weighted by molar-refractivity contribution is 0.0702. The van der Waals surface area contributed by atoms with Crippen molar-refractivity contribution in [2.75, 3.05) is 13.2 Å². The third-order valence-electron chi connectivity index (χ3n) is 3.82. The lowest BCUT2D eigenvalue weighted by Gasteiger charge is -2.35. The molecule has 1 aliphatic rings. The molecule has 1 unspecified atom stereocenters. The number of rotatable bonds is 5. The Morgan fingerprint density at radius 2 is 2.32 bits per heavy atom. The fourth-order valence-corrected chi connectivity index (χ4v) is 3.62. The normalized spacial score (nSPS) is 20.6. The summed E-state index contributed by atoms with van der Waals surface area (Å²) >= 11 is 1.35. The van der Waals surface area contributed by atoms with Crippen LogP contribution in [0.1, 0.15) is 45.8 Å². The Hall–Kier alpha value is -0.910. The largest absolute Gasteiger partial charge is 0.477 e. The molecule has 2 rings (SSSR count). The van der Waals surface area contributed by atoms with Gasteiger partial charge in [-0.05, 0) is 44.4 Å². The van der Waals surface area contributed by atoms with Gasteiger partial charge in [0.25, 0.3) is 0 Å². The molecule has 0 aromatic carbocycles. The Balaban J connectivity index is 2.08. The van der Waals surface area contributed by atoms with Crippen molar-refractivity contribution in [2.45, 2.75) is 45.2 Å². The SMILES string of the molecule is Cc1sc(C(=O)O)cc1CN1CCCCC1CCO. The van der Waals surface area contributed by atoms with Gasteiger partial charge in [0.05, 0.1) is 0 Å². The lowest BCUT2D eigenvalue weighted by atomic mass is 9.99. The number of piperidine rings is 1. The Morgan fingerprint density at radius 3 is 2.95 bits per heavy atom. The van der Waals surface area contributed by atoms with Crippen molar-refractivity contribution in [2.24, 2.45) is 0 Å². The van der Waals surface area contributed by atoms with Gasteiger partial charge in [0.1, 0.15) is 4.88 Å². The molecule has 4 nitrogen and oxygen atoms in total. The molecule has 0 spiro atoms. The molecule has 0 saturated carbocycles. The number of thiophene rings is 1. The van der Waals surface area contributed by atoms with Gasteiger partial charge in [-0.2, -0.15) is 0 Å². The van der Waals surface area contributed by atoms with E-state index in [2.05, 4.69) is 4.90 Å². The van der Waals surface area contributed by atoms with Crippen molar-refractivity contribution in [1.82, 2.24) is 4.90 Å². The van der Waals surface area contributed by atoms with Gasteiger partial charge in [-0.15, -0.1) is 11.3 Å². The molecule has 0 bridgehead atoms. The van der Waals surface area contributed by atoms with E-state index in [9.17, 15) is 4.79 Å². The minimum atomic E-state index is -0.843. The zero-order valence-corrected chi connectivity index (χ0v) is 12.1. The highest BCUT2D eigenvalue weighted by molar-refractivity contribution is 7.14. The average molecular weight is 283 g/mol. The van der Waals surface area contributed by atoms with Crippen molar-refractivity contribution >= 4 is 17.3 Å². The summed E-state index contributed by atoms with van der Waals surface area (Å²) in [6.07, 6.45) is 4.37. The minimum Gasteiger partial charge on any atom is -0.477 e. The molecule has 19 heavy (non-hydrogen) atoms. The number of hydrogen-bond donors (Lipinski definition) is 2. The van der Waals surface area contributed by atoms with Crippen LogP contribution < -0.4 is 0 Å². The van der Waals surface area contributed by atoms with Crippen LogP contribution in [0.5, 0.6) is 0 Å². The second-order valence-corrected chi connectivity index (χ2v) is 6.39. The third-order valence-corrected chi connectivity index (χ3v) is 4.90. The molecule has 1 fully saturated rings. The zero-order chi connectivity index (χ0) is 13.8. The Bertz CT molecular complexity index is 442. The van der Waals surface area contributed by atoms with Crippen molar-refractivity contribution < 1.29 is 15.0 Å².